The number of rotatable bonds is 22. The quantitative estimate of drug-likeness (QED) is 0.106. The van der Waals surface area contributed by atoms with Crippen LogP contribution in [0.4, 0.5) is 0 Å². The summed E-state index contributed by atoms with van der Waals surface area (Å²) in [5.74, 6) is 2.56. The van der Waals surface area contributed by atoms with Crippen LogP contribution in [0.2, 0.25) is 0 Å². The van der Waals surface area contributed by atoms with Gasteiger partial charge in [0, 0.05) is 24.2 Å². The number of benzene rings is 2. The fourth-order valence-electron chi connectivity index (χ4n) is 5.10. The van der Waals surface area contributed by atoms with Crippen molar-refractivity contribution in [1.82, 2.24) is 4.57 Å². The van der Waals surface area contributed by atoms with Crippen LogP contribution in [0.3, 0.4) is 0 Å². The Balaban J connectivity index is 2.50. The van der Waals surface area contributed by atoms with Crippen molar-refractivity contribution in [1.29, 1.82) is 0 Å². The van der Waals surface area contributed by atoms with E-state index in [2.05, 4.69) is 51.3 Å². The van der Waals surface area contributed by atoms with Crippen LogP contribution in [-0.4, -0.2) is 37.6 Å². The second-order valence-electron chi connectivity index (χ2n) is 10.5. The van der Waals surface area contributed by atoms with Crippen molar-refractivity contribution in [2.75, 3.05) is 33.0 Å². The molecule has 3 rings (SSSR count). The molecule has 0 aliphatic rings. The molecule has 1 unspecified atom stereocenters. The van der Waals surface area contributed by atoms with E-state index in [9.17, 15) is 4.79 Å². The van der Waals surface area contributed by atoms with E-state index in [0.717, 1.165) is 31.2 Å². The molecule has 0 aliphatic heterocycles. The van der Waals surface area contributed by atoms with E-state index in [1.54, 1.807) is 36.4 Å². The largest absolute Gasteiger partial charge is 0.489 e. The van der Waals surface area contributed by atoms with Gasteiger partial charge in [0.1, 0.15) is 44.5 Å². The predicted molar refractivity (Wildman–Crippen MR) is 185 cm³/mol. The molecule has 7 nitrogen and oxygen atoms in total. The summed E-state index contributed by atoms with van der Waals surface area (Å²) in [6, 6.07) is 9.26. The third-order valence-electron chi connectivity index (χ3n) is 7.25. The Bertz CT molecular complexity index is 1540. The van der Waals surface area contributed by atoms with Gasteiger partial charge in [-0.2, -0.15) is 0 Å². The topological polar surface area (TPSA) is 68.2 Å². The molecule has 1 atom stereocenters. The molecule has 7 heteroatoms. The molecule has 0 aliphatic carbocycles. The molecule has 0 amide bonds. The Morgan fingerprint density at radius 2 is 1.33 bits per heavy atom. The maximum atomic E-state index is 14.5. The van der Waals surface area contributed by atoms with Crippen molar-refractivity contribution in [3.05, 3.63) is 104 Å². The van der Waals surface area contributed by atoms with E-state index < -0.39 is 0 Å². The zero-order valence-corrected chi connectivity index (χ0v) is 26.9. The highest BCUT2D eigenvalue weighted by molar-refractivity contribution is 5.92. The minimum atomic E-state index is -0.297. The Morgan fingerprint density at radius 1 is 0.733 bits per heavy atom. The molecule has 45 heavy (non-hydrogen) atoms. The van der Waals surface area contributed by atoms with Gasteiger partial charge in [-0.05, 0) is 30.5 Å². The highest BCUT2D eigenvalue weighted by Gasteiger charge is 2.26. The average Bonchev–Trinajstić information content (AvgIpc) is 3.06. The van der Waals surface area contributed by atoms with Crippen molar-refractivity contribution in [3.8, 4) is 40.0 Å². The van der Waals surface area contributed by atoms with Crippen LogP contribution < -0.4 is 29.1 Å². The summed E-state index contributed by atoms with van der Waals surface area (Å²) in [6.45, 7) is 25.2. The van der Waals surface area contributed by atoms with Crippen molar-refractivity contribution in [2.24, 2.45) is 5.92 Å². The number of aromatic nitrogens is 1. The van der Waals surface area contributed by atoms with Crippen LogP contribution in [0.25, 0.3) is 22.2 Å². The van der Waals surface area contributed by atoms with Gasteiger partial charge < -0.3 is 28.3 Å². The Morgan fingerprint density at radius 3 is 1.96 bits per heavy atom. The zero-order chi connectivity index (χ0) is 32.6. The van der Waals surface area contributed by atoms with Crippen LogP contribution in [0.1, 0.15) is 39.5 Å². The number of ether oxygens (including phenoxy) is 5. The molecule has 0 N–H and O–H groups in total. The first kappa shape index (κ1) is 34.8. The molecule has 0 saturated heterocycles. The number of hydrogen-bond donors (Lipinski definition) is 0. The van der Waals surface area contributed by atoms with Crippen LogP contribution in [-0.2, 0) is 6.54 Å². The number of pyridine rings is 1. The van der Waals surface area contributed by atoms with Crippen LogP contribution in [0.15, 0.2) is 98.4 Å². The van der Waals surface area contributed by atoms with E-state index in [-0.39, 0.29) is 31.0 Å². The fraction of sp³-hybridized carbons (Fsp3) is 0.342. The third-order valence-corrected chi connectivity index (χ3v) is 7.25. The molecule has 1 aromatic heterocycles. The number of fused-ring (bicyclic) bond motifs is 1. The number of unbranched alkanes of at least 4 members (excludes halogenated alkanes) is 1. The lowest BCUT2D eigenvalue weighted by Crippen LogP contribution is -2.21. The van der Waals surface area contributed by atoms with Crippen LogP contribution in [0.5, 0.6) is 28.7 Å². The van der Waals surface area contributed by atoms with Gasteiger partial charge in [-0.15, -0.1) is 0 Å². The van der Waals surface area contributed by atoms with E-state index in [4.69, 9.17) is 23.7 Å². The van der Waals surface area contributed by atoms with Crippen LogP contribution in [0, 0.1) is 5.92 Å². The first-order valence-corrected chi connectivity index (χ1v) is 15.5. The summed E-state index contributed by atoms with van der Waals surface area (Å²) < 4.78 is 32.4. The maximum absolute atomic E-state index is 14.5. The second kappa shape index (κ2) is 18.2. The molecule has 0 fully saturated rings. The first-order valence-electron chi connectivity index (χ1n) is 15.5. The monoisotopic (exact) mass is 613 g/mol. The highest BCUT2D eigenvalue weighted by atomic mass is 16.5. The van der Waals surface area contributed by atoms with E-state index in [1.165, 1.54) is 0 Å². The lowest BCUT2D eigenvalue weighted by molar-refractivity contribution is 0.308. The lowest BCUT2D eigenvalue weighted by Gasteiger charge is -2.26. The van der Waals surface area contributed by atoms with Crippen molar-refractivity contribution in [3.63, 3.8) is 0 Å². The fourth-order valence-corrected chi connectivity index (χ4v) is 5.10. The smallest absolute Gasteiger partial charge is 0.235 e. The van der Waals surface area contributed by atoms with Crippen molar-refractivity contribution >= 4 is 10.9 Å². The maximum Gasteiger partial charge on any atom is 0.235 e. The SMILES string of the molecule is C=CCOc1cc(OCC=C)c2c(=O)c(OCC=C)c(-c3ccc(OCC=C)c(OCC=C)c3)n(CC(CC)CCCC)c2c1. The van der Waals surface area contributed by atoms with Gasteiger partial charge in [0.15, 0.2) is 17.2 Å². The van der Waals surface area contributed by atoms with Crippen LogP contribution >= 0.6 is 0 Å². The molecule has 1 heterocycles. The molecule has 2 aromatic carbocycles. The Labute approximate surface area is 267 Å². The van der Waals surface area contributed by atoms with E-state index >= 15 is 0 Å². The van der Waals surface area contributed by atoms with Gasteiger partial charge in [-0.1, -0.05) is 96.4 Å². The third kappa shape index (κ3) is 8.94. The molecular formula is C38H47NO6. The summed E-state index contributed by atoms with van der Waals surface area (Å²) in [4.78, 5) is 14.5. The molecule has 3 aromatic rings. The standard InChI is InChI=1S/C38H47NO6/c1-8-15-16-28(14-7)27-39-31-25-30(41-19-9-2)26-34(44-22-12-5)35(31)37(40)38(45-23-13-6)36(39)29-17-18-32(42-20-10-3)33(24-29)43-21-11-4/h9-13,17-18,24-26,28H,2-6,8,14-16,19-23,27H2,1,7H3. The Hall–Kier alpha value is -4.65. The normalized spacial score (nSPS) is 11.3. The van der Waals surface area contributed by atoms with Gasteiger partial charge in [0.2, 0.25) is 5.43 Å². The summed E-state index contributed by atoms with van der Waals surface area (Å²) >= 11 is 0. The molecule has 0 saturated carbocycles. The summed E-state index contributed by atoms with van der Waals surface area (Å²) in [5, 5.41) is 0.407. The van der Waals surface area contributed by atoms with Gasteiger partial charge in [-0.25, -0.2) is 0 Å². The molecule has 0 bridgehead atoms. The van der Waals surface area contributed by atoms with Crippen molar-refractivity contribution < 1.29 is 23.7 Å². The van der Waals surface area contributed by atoms with Gasteiger partial charge in [0.05, 0.1) is 16.6 Å². The summed E-state index contributed by atoms with van der Waals surface area (Å²) in [5.41, 5.74) is 1.74. The number of nitrogens with zero attached hydrogens (tertiary/aromatic N) is 1. The highest BCUT2D eigenvalue weighted by Crippen LogP contribution is 2.40. The minimum Gasteiger partial charge on any atom is -0.489 e. The van der Waals surface area contributed by atoms with Crippen molar-refractivity contribution in [2.45, 2.75) is 46.1 Å². The zero-order valence-electron chi connectivity index (χ0n) is 26.9. The average molecular weight is 614 g/mol. The second-order valence-corrected chi connectivity index (χ2v) is 10.5. The molecular weight excluding hydrogens is 566 g/mol. The molecule has 0 radical (unpaired) electrons. The van der Waals surface area contributed by atoms with Gasteiger partial charge in [-0.3, -0.25) is 4.79 Å². The van der Waals surface area contributed by atoms with E-state index in [0.29, 0.717) is 65.3 Å². The van der Waals surface area contributed by atoms with E-state index in [1.807, 2.05) is 24.3 Å². The summed E-state index contributed by atoms with van der Waals surface area (Å²) in [6.07, 6.45) is 12.5. The predicted octanol–water partition coefficient (Wildman–Crippen LogP) is 8.71. The lowest BCUT2D eigenvalue weighted by atomic mass is 9.97. The Kier molecular flexibility index (Phi) is 14.1. The molecule has 240 valence electrons. The first-order chi connectivity index (χ1) is 22.0. The summed E-state index contributed by atoms with van der Waals surface area (Å²) in [7, 11) is 0. The number of hydrogen-bond acceptors (Lipinski definition) is 6. The minimum absolute atomic E-state index is 0.143. The van der Waals surface area contributed by atoms with Gasteiger partial charge in [0.25, 0.3) is 0 Å². The molecule has 0 spiro atoms. The van der Waals surface area contributed by atoms with Gasteiger partial charge >= 0.3 is 0 Å².